The van der Waals surface area contributed by atoms with Crippen molar-refractivity contribution >= 4 is 5.97 Å². The van der Waals surface area contributed by atoms with Gasteiger partial charge in [-0.2, -0.15) is 0 Å². The van der Waals surface area contributed by atoms with Crippen molar-refractivity contribution in [3.05, 3.63) is 35.9 Å². The standard InChI is InChI=1S/C15H21NO2/c1-15(14(17)18-2,12-8-4-3-5-9-12)13-10-6-7-11-16-13/h3-5,8-9,13,16H,6-7,10-11H2,1-2H3. The van der Waals surface area contributed by atoms with E-state index in [0.717, 1.165) is 24.9 Å². The Morgan fingerprint density at radius 3 is 2.61 bits per heavy atom. The lowest BCUT2D eigenvalue weighted by atomic mass is 9.73. The van der Waals surface area contributed by atoms with Gasteiger partial charge in [0, 0.05) is 6.04 Å². The fraction of sp³-hybridized carbons (Fsp3) is 0.533. The van der Waals surface area contributed by atoms with Crippen LogP contribution in [0.15, 0.2) is 30.3 Å². The minimum atomic E-state index is -0.601. The molecule has 0 aromatic heterocycles. The van der Waals surface area contributed by atoms with E-state index in [2.05, 4.69) is 5.32 Å². The monoisotopic (exact) mass is 247 g/mol. The van der Waals surface area contributed by atoms with E-state index in [1.807, 2.05) is 37.3 Å². The highest BCUT2D eigenvalue weighted by Gasteiger charge is 2.44. The van der Waals surface area contributed by atoms with Crippen molar-refractivity contribution in [2.24, 2.45) is 0 Å². The van der Waals surface area contributed by atoms with Gasteiger partial charge >= 0.3 is 5.97 Å². The van der Waals surface area contributed by atoms with Crippen molar-refractivity contribution in [2.45, 2.75) is 37.6 Å². The van der Waals surface area contributed by atoms with E-state index >= 15 is 0 Å². The number of rotatable bonds is 3. The first-order chi connectivity index (χ1) is 8.69. The van der Waals surface area contributed by atoms with Crippen LogP contribution in [0, 0.1) is 0 Å². The van der Waals surface area contributed by atoms with Gasteiger partial charge in [0.2, 0.25) is 0 Å². The zero-order chi connectivity index (χ0) is 13.0. The van der Waals surface area contributed by atoms with Crippen LogP contribution in [-0.2, 0) is 14.9 Å². The van der Waals surface area contributed by atoms with Crippen LogP contribution >= 0.6 is 0 Å². The highest BCUT2D eigenvalue weighted by atomic mass is 16.5. The van der Waals surface area contributed by atoms with Crippen LogP contribution in [0.25, 0.3) is 0 Å². The van der Waals surface area contributed by atoms with Crippen LogP contribution in [0.5, 0.6) is 0 Å². The molecule has 2 rings (SSSR count). The molecule has 0 bridgehead atoms. The van der Waals surface area contributed by atoms with Gasteiger partial charge in [-0.25, -0.2) is 0 Å². The van der Waals surface area contributed by atoms with Gasteiger partial charge in [0.15, 0.2) is 0 Å². The fourth-order valence-corrected chi connectivity index (χ4v) is 2.80. The molecule has 1 N–H and O–H groups in total. The molecule has 0 radical (unpaired) electrons. The normalized spacial score (nSPS) is 23.1. The number of hydrogen-bond acceptors (Lipinski definition) is 3. The SMILES string of the molecule is COC(=O)C(C)(c1ccccc1)C1CCCCN1. The predicted octanol–water partition coefficient (Wildman–Crippen LogP) is 2.26. The minimum absolute atomic E-state index is 0.154. The Morgan fingerprint density at radius 1 is 1.33 bits per heavy atom. The third kappa shape index (κ3) is 2.27. The summed E-state index contributed by atoms with van der Waals surface area (Å²) in [6, 6.07) is 10.1. The van der Waals surface area contributed by atoms with E-state index in [9.17, 15) is 4.79 Å². The second kappa shape index (κ2) is 5.53. The van der Waals surface area contributed by atoms with E-state index in [4.69, 9.17) is 4.74 Å². The molecule has 3 heteroatoms. The van der Waals surface area contributed by atoms with E-state index in [-0.39, 0.29) is 12.0 Å². The van der Waals surface area contributed by atoms with Crippen molar-refractivity contribution in [2.75, 3.05) is 13.7 Å². The molecule has 1 aromatic rings. The summed E-state index contributed by atoms with van der Waals surface area (Å²) in [5.41, 5.74) is 0.424. The van der Waals surface area contributed by atoms with Crippen molar-refractivity contribution < 1.29 is 9.53 Å². The van der Waals surface area contributed by atoms with Crippen LogP contribution in [0.2, 0.25) is 0 Å². The maximum Gasteiger partial charge on any atom is 0.317 e. The smallest absolute Gasteiger partial charge is 0.317 e. The van der Waals surface area contributed by atoms with Crippen LogP contribution in [0.1, 0.15) is 31.7 Å². The molecule has 3 nitrogen and oxygen atoms in total. The Bertz CT molecular complexity index is 398. The maximum atomic E-state index is 12.3. The van der Waals surface area contributed by atoms with Crippen molar-refractivity contribution in [1.82, 2.24) is 5.32 Å². The summed E-state index contributed by atoms with van der Waals surface area (Å²) in [5, 5.41) is 3.47. The van der Waals surface area contributed by atoms with Gasteiger partial charge in [0.05, 0.1) is 7.11 Å². The molecule has 1 heterocycles. The first-order valence-corrected chi connectivity index (χ1v) is 6.57. The number of piperidine rings is 1. The molecule has 1 aromatic carbocycles. The molecule has 2 unspecified atom stereocenters. The van der Waals surface area contributed by atoms with Gasteiger partial charge in [0.1, 0.15) is 5.41 Å². The molecule has 1 saturated heterocycles. The Kier molecular flexibility index (Phi) is 4.02. The number of ether oxygens (including phenoxy) is 1. The number of hydrogen-bond donors (Lipinski definition) is 1. The molecule has 0 spiro atoms. The first kappa shape index (κ1) is 13.1. The molecule has 0 aliphatic carbocycles. The lowest BCUT2D eigenvalue weighted by Crippen LogP contribution is -2.53. The third-order valence-corrected chi connectivity index (χ3v) is 3.99. The molecule has 1 aliphatic rings. The van der Waals surface area contributed by atoms with Gasteiger partial charge in [-0.1, -0.05) is 36.8 Å². The van der Waals surface area contributed by atoms with Crippen molar-refractivity contribution in [1.29, 1.82) is 0 Å². The first-order valence-electron chi connectivity index (χ1n) is 6.57. The summed E-state index contributed by atoms with van der Waals surface area (Å²) in [4.78, 5) is 12.3. The van der Waals surface area contributed by atoms with Crippen molar-refractivity contribution in [3.63, 3.8) is 0 Å². The molecule has 98 valence electrons. The van der Waals surface area contributed by atoms with E-state index < -0.39 is 5.41 Å². The molecular weight excluding hydrogens is 226 g/mol. The van der Waals surface area contributed by atoms with E-state index in [0.29, 0.717) is 0 Å². The molecule has 1 fully saturated rings. The second-order valence-electron chi connectivity index (χ2n) is 5.06. The van der Waals surface area contributed by atoms with E-state index in [1.54, 1.807) is 0 Å². The van der Waals surface area contributed by atoms with Crippen LogP contribution in [0.3, 0.4) is 0 Å². The summed E-state index contributed by atoms with van der Waals surface area (Å²) in [5.74, 6) is -0.159. The van der Waals surface area contributed by atoms with Crippen LogP contribution in [-0.4, -0.2) is 25.7 Å². The molecular formula is C15H21NO2. The average Bonchev–Trinajstić information content (AvgIpc) is 2.47. The van der Waals surface area contributed by atoms with Gasteiger partial charge < -0.3 is 10.1 Å². The summed E-state index contributed by atoms with van der Waals surface area (Å²) in [6.07, 6.45) is 3.36. The summed E-state index contributed by atoms with van der Waals surface area (Å²) in [6.45, 7) is 2.96. The van der Waals surface area contributed by atoms with Gasteiger partial charge in [-0.15, -0.1) is 0 Å². The highest BCUT2D eigenvalue weighted by molar-refractivity contribution is 5.83. The maximum absolute atomic E-state index is 12.3. The quantitative estimate of drug-likeness (QED) is 0.833. The molecule has 1 aliphatic heterocycles. The van der Waals surface area contributed by atoms with Gasteiger partial charge in [-0.05, 0) is 31.9 Å². The minimum Gasteiger partial charge on any atom is -0.468 e. The third-order valence-electron chi connectivity index (χ3n) is 3.99. The van der Waals surface area contributed by atoms with Gasteiger partial charge in [0.25, 0.3) is 0 Å². The number of methoxy groups -OCH3 is 1. The average molecular weight is 247 g/mol. The lowest BCUT2D eigenvalue weighted by Gasteiger charge is -2.38. The Morgan fingerprint density at radius 2 is 2.06 bits per heavy atom. The number of carbonyl (C=O) groups is 1. The summed E-state index contributed by atoms with van der Waals surface area (Å²) >= 11 is 0. The number of carbonyl (C=O) groups excluding carboxylic acids is 1. The molecule has 18 heavy (non-hydrogen) atoms. The molecule has 2 atom stereocenters. The van der Waals surface area contributed by atoms with Crippen LogP contribution < -0.4 is 5.32 Å². The van der Waals surface area contributed by atoms with Gasteiger partial charge in [-0.3, -0.25) is 4.79 Å². The fourth-order valence-electron chi connectivity index (χ4n) is 2.80. The Balaban J connectivity index is 2.36. The summed E-state index contributed by atoms with van der Waals surface area (Å²) < 4.78 is 5.04. The van der Waals surface area contributed by atoms with E-state index in [1.165, 1.54) is 13.5 Å². The molecule has 0 saturated carbocycles. The number of esters is 1. The zero-order valence-corrected chi connectivity index (χ0v) is 11.1. The Hall–Kier alpha value is -1.35. The Labute approximate surface area is 109 Å². The number of benzene rings is 1. The second-order valence-corrected chi connectivity index (χ2v) is 5.06. The zero-order valence-electron chi connectivity index (χ0n) is 11.1. The molecule has 0 amide bonds. The lowest BCUT2D eigenvalue weighted by molar-refractivity contribution is -0.148. The largest absolute Gasteiger partial charge is 0.468 e. The van der Waals surface area contributed by atoms with Crippen LogP contribution in [0.4, 0.5) is 0 Å². The van der Waals surface area contributed by atoms with Crippen molar-refractivity contribution in [3.8, 4) is 0 Å². The number of nitrogens with one attached hydrogen (secondary N) is 1. The topological polar surface area (TPSA) is 38.3 Å². The highest BCUT2D eigenvalue weighted by Crippen LogP contribution is 2.33. The predicted molar refractivity (Wildman–Crippen MR) is 71.5 cm³/mol. The summed E-state index contributed by atoms with van der Waals surface area (Å²) in [7, 11) is 1.46.